The number of aryl methyl sites for hydroxylation is 1. The van der Waals surface area contributed by atoms with Gasteiger partial charge in [0.2, 0.25) is 5.82 Å². The minimum absolute atomic E-state index is 0.101. The molecule has 1 aromatic carbocycles. The lowest BCUT2D eigenvalue weighted by Crippen LogP contribution is -2.27. The zero-order chi connectivity index (χ0) is 18.3. The quantitative estimate of drug-likeness (QED) is 0.751. The molecule has 3 aromatic rings. The summed E-state index contributed by atoms with van der Waals surface area (Å²) in [6.07, 6.45) is 0.252. The van der Waals surface area contributed by atoms with Crippen molar-refractivity contribution in [3.05, 3.63) is 64.6 Å². The Kier molecular flexibility index (Phi) is 4.12. The Balaban J connectivity index is 1.58. The Labute approximate surface area is 148 Å². The van der Waals surface area contributed by atoms with Crippen LogP contribution in [0.3, 0.4) is 0 Å². The van der Waals surface area contributed by atoms with Crippen molar-refractivity contribution < 1.29 is 13.6 Å². The van der Waals surface area contributed by atoms with Gasteiger partial charge in [0, 0.05) is 12.7 Å². The molecule has 0 saturated heterocycles. The number of alkyl halides is 2. The van der Waals surface area contributed by atoms with Crippen molar-refractivity contribution >= 4 is 11.6 Å². The van der Waals surface area contributed by atoms with E-state index in [9.17, 15) is 13.6 Å². The van der Waals surface area contributed by atoms with Crippen molar-refractivity contribution in [2.45, 2.75) is 31.9 Å². The van der Waals surface area contributed by atoms with Crippen LogP contribution in [0.25, 0.3) is 5.65 Å². The van der Waals surface area contributed by atoms with Crippen LogP contribution in [0.2, 0.25) is 0 Å². The summed E-state index contributed by atoms with van der Waals surface area (Å²) in [7, 11) is 0. The molecular formula is C18H17F2N5O. The van der Waals surface area contributed by atoms with Crippen LogP contribution in [-0.4, -0.2) is 20.5 Å². The third-order valence-electron chi connectivity index (χ3n) is 4.71. The lowest BCUT2D eigenvalue weighted by molar-refractivity contribution is 0.0935. The van der Waals surface area contributed by atoms with Gasteiger partial charge in [-0.25, -0.2) is 8.78 Å². The number of pyridine rings is 1. The fraction of sp³-hybridized carbons (Fsp3) is 0.278. The maximum absolute atomic E-state index is 13.0. The van der Waals surface area contributed by atoms with Crippen molar-refractivity contribution in [3.63, 3.8) is 0 Å². The van der Waals surface area contributed by atoms with Gasteiger partial charge in [0.25, 0.3) is 12.3 Å². The number of nitrogens with two attached hydrogens (primary N) is 1. The van der Waals surface area contributed by atoms with Gasteiger partial charge in [-0.2, -0.15) is 0 Å². The van der Waals surface area contributed by atoms with Gasteiger partial charge in [-0.15, -0.1) is 10.2 Å². The number of hydrogen-bond donors (Lipinski definition) is 2. The topological polar surface area (TPSA) is 85.3 Å². The number of carbonyl (C=O) groups excluding carboxylic acids is 1. The fourth-order valence-electron chi connectivity index (χ4n) is 3.38. The van der Waals surface area contributed by atoms with Crippen molar-refractivity contribution in [2.24, 2.45) is 5.73 Å². The summed E-state index contributed by atoms with van der Waals surface area (Å²) < 4.78 is 27.1. The smallest absolute Gasteiger partial charge is 0.297 e. The van der Waals surface area contributed by atoms with Crippen LogP contribution >= 0.6 is 0 Å². The Hall–Kier alpha value is -2.87. The molecule has 134 valence electrons. The minimum atomic E-state index is -2.76. The zero-order valence-electron chi connectivity index (χ0n) is 13.8. The van der Waals surface area contributed by atoms with E-state index in [1.54, 1.807) is 6.07 Å². The van der Waals surface area contributed by atoms with E-state index < -0.39 is 12.2 Å². The van der Waals surface area contributed by atoms with Gasteiger partial charge >= 0.3 is 0 Å². The van der Waals surface area contributed by atoms with E-state index in [1.807, 2.05) is 12.1 Å². The Morgan fingerprint density at radius 2 is 2.15 bits per heavy atom. The summed E-state index contributed by atoms with van der Waals surface area (Å²) in [5, 5.41) is 10.1. The molecule has 0 radical (unpaired) electrons. The molecule has 0 aliphatic heterocycles. The molecule has 1 amide bonds. The lowest BCUT2D eigenvalue weighted by atomic mass is 10.0. The summed E-state index contributed by atoms with van der Waals surface area (Å²) in [5.41, 5.74) is 9.56. The average Bonchev–Trinajstić information content (AvgIpc) is 3.24. The molecule has 0 fully saturated rings. The van der Waals surface area contributed by atoms with Crippen molar-refractivity contribution in [2.75, 3.05) is 0 Å². The van der Waals surface area contributed by atoms with Crippen molar-refractivity contribution in [3.8, 4) is 0 Å². The van der Waals surface area contributed by atoms with E-state index in [4.69, 9.17) is 5.73 Å². The van der Waals surface area contributed by atoms with Gasteiger partial charge in [0.1, 0.15) is 0 Å². The summed E-state index contributed by atoms with van der Waals surface area (Å²) in [4.78, 5) is 12.6. The molecule has 0 spiro atoms. The normalized spacial score (nSPS) is 16.2. The maximum atomic E-state index is 13.0. The van der Waals surface area contributed by atoms with Crippen LogP contribution < -0.4 is 11.1 Å². The van der Waals surface area contributed by atoms with E-state index in [0.717, 1.165) is 28.4 Å². The Morgan fingerprint density at radius 3 is 2.92 bits per heavy atom. The van der Waals surface area contributed by atoms with Gasteiger partial charge in [-0.05, 0) is 41.7 Å². The number of rotatable bonds is 4. The molecule has 1 aliphatic carbocycles. The highest BCUT2D eigenvalue weighted by Crippen LogP contribution is 2.32. The third-order valence-corrected chi connectivity index (χ3v) is 4.71. The van der Waals surface area contributed by atoms with Crippen LogP contribution in [0, 0.1) is 0 Å². The lowest BCUT2D eigenvalue weighted by Gasteiger charge is -2.15. The van der Waals surface area contributed by atoms with Gasteiger partial charge in [0.15, 0.2) is 5.65 Å². The molecular weight excluding hydrogens is 340 g/mol. The summed E-state index contributed by atoms with van der Waals surface area (Å²) in [6.45, 7) is 0.482. The number of fused-ring (bicyclic) bond motifs is 2. The van der Waals surface area contributed by atoms with E-state index in [-0.39, 0.29) is 23.2 Å². The SMILES string of the molecule is NCc1ccc2c(c1)CCC2NC(=O)c1ccc2nnc(C(F)F)n2c1. The third kappa shape index (κ3) is 2.82. The van der Waals surface area contributed by atoms with E-state index in [2.05, 4.69) is 21.6 Å². The number of amides is 1. The van der Waals surface area contributed by atoms with Crippen LogP contribution in [0.15, 0.2) is 36.5 Å². The van der Waals surface area contributed by atoms with Crippen LogP contribution in [0.5, 0.6) is 0 Å². The molecule has 3 N–H and O–H groups in total. The predicted molar refractivity (Wildman–Crippen MR) is 90.8 cm³/mol. The van der Waals surface area contributed by atoms with Crippen LogP contribution in [0.1, 0.15) is 51.8 Å². The molecule has 6 nitrogen and oxygen atoms in total. The largest absolute Gasteiger partial charge is 0.345 e. The monoisotopic (exact) mass is 357 g/mol. The number of nitrogens with one attached hydrogen (secondary N) is 1. The van der Waals surface area contributed by atoms with Gasteiger partial charge in [-0.3, -0.25) is 9.20 Å². The number of halogens is 2. The average molecular weight is 357 g/mol. The van der Waals surface area contributed by atoms with Crippen LogP contribution in [0.4, 0.5) is 8.78 Å². The number of nitrogens with zero attached hydrogens (tertiary/aromatic N) is 3. The predicted octanol–water partition coefficient (Wildman–Crippen LogP) is 2.54. The molecule has 2 aromatic heterocycles. The second-order valence-corrected chi connectivity index (χ2v) is 6.31. The van der Waals surface area contributed by atoms with Crippen LogP contribution in [-0.2, 0) is 13.0 Å². The maximum Gasteiger partial charge on any atom is 0.297 e. The van der Waals surface area contributed by atoms with Gasteiger partial charge in [-0.1, -0.05) is 18.2 Å². The molecule has 4 rings (SSSR count). The Bertz CT molecular complexity index is 985. The summed E-state index contributed by atoms with van der Waals surface area (Å²) in [6, 6.07) is 8.98. The first-order valence-corrected chi connectivity index (χ1v) is 8.32. The number of aromatic nitrogens is 3. The summed E-state index contributed by atoms with van der Waals surface area (Å²) in [5.74, 6) is -0.795. The highest BCUT2D eigenvalue weighted by Gasteiger charge is 2.25. The zero-order valence-corrected chi connectivity index (χ0v) is 13.8. The van der Waals surface area contributed by atoms with Crippen molar-refractivity contribution in [1.29, 1.82) is 0 Å². The second kappa shape index (κ2) is 6.45. The molecule has 1 unspecified atom stereocenters. The first-order chi connectivity index (χ1) is 12.6. The van der Waals surface area contributed by atoms with Crippen molar-refractivity contribution in [1.82, 2.24) is 19.9 Å². The highest BCUT2D eigenvalue weighted by molar-refractivity contribution is 5.94. The first-order valence-electron chi connectivity index (χ1n) is 8.32. The second-order valence-electron chi connectivity index (χ2n) is 6.31. The minimum Gasteiger partial charge on any atom is -0.345 e. The first kappa shape index (κ1) is 16.6. The molecule has 8 heteroatoms. The van der Waals surface area contributed by atoms with Gasteiger partial charge in [0.05, 0.1) is 11.6 Å². The number of benzene rings is 1. The standard InChI is InChI=1S/C18H17F2N5O/c19-16(20)17-24-23-15-6-3-12(9-25(15)17)18(26)22-14-5-2-11-7-10(8-21)1-4-13(11)14/h1,3-4,6-7,9,14,16H,2,5,8,21H2,(H,22,26). The molecule has 0 bridgehead atoms. The molecule has 0 saturated carbocycles. The number of hydrogen-bond acceptors (Lipinski definition) is 4. The fourth-order valence-corrected chi connectivity index (χ4v) is 3.38. The number of carbonyl (C=O) groups is 1. The highest BCUT2D eigenvalue weighted by atomic mass is 19.3. The molecule has 26 heavy (non-hydrogen) atoms. The van der Waals surface area contributed by atoms with E-state index in [1.165, 1.54) is 17.8 Å². The molecule has 2 heterocycles. The Morgan fingerprint density at radius 1 is 1.31 bits per heavy atom. The van der Waals surface area contributed by atoms with E-state index >= 15 is 0 Å². The van der Waals surface area contributed by atoms with Gasteiger partial charge < -0.3 is 11.1 Å². The summed E-state index contributed by atoms with van der Waals surface area (Å²) >= 11 is 0. The molecule has 1 aliphatic rings. The van der Waals surface area contributed by atoms with E-state index in [0.29, 0.717) is 6.54 Å². The molecule has 1 atom stereocenters.